The van der Waals surface area contributed by atoms with Gasteiger partial charge in [0.05, 0.1) is 6.04 Å². The summed E-state index contributed by atoms with van der Waals surface area (Å²) < 4.78 is 5.35. The fourth-order valence-corrected chi connectivity index (χ4v) is 5.53. The maximum atomic E-state index is 13.3. The molecule has 0 aliphatic carbocycles. The number of carbonyl (C=O) groups is 4. The predicted octanol–water partition coefficient (Wildman–Crippen LogP) is 5.99. The molecule has 2 atom stereocenters. The molecule has 42 heavy (non-hydrogen) atoms. The van der Waals surface area contributed by atoms with E-state index in [0.29, 0.717) is 32.4 Å². The minimum Gasteiger partial charge on any atom is -0.461 e. The van der Waals surface area contributed by atoms with E-state index in [-0.39, 0.29) is 43.5 Å². The van der Waals surface area contributed by atoms with Crippen LogP contribution in [0.25, 0.3) is 0 Å². The smallest absolute Gasteiger partial charge is 0.306 e. The normalized spacial score (nSPS) is 15.4. The van der Waals surface area contributed by atoms with Gasteiger partial charge in [0.15, 0.2) is 5.78 Å². The number of esters is 1. The summed E-state index contributed by atoms with van der Waals surface area (Å²) in [6.45, 7) is 3.34. The number of unbranched alkanes of at least 4 members (excludes halogenated alkanes) is 10. The van der Waals surface area contributed by atoms with Gasteiger partial charge in [-0.1, -0.05) is 101 Å². The molecular formula is C34H55N3O5. The van der Waals surface area contributed by atoms with Crippen molar-refractivity contribution in [2.45, 2.75) is 141 Å². The molecule has 1 aliphatic rings. The van der Waals surface area contributed by atoms with Gasteiger partial charge in [-0.2, -0.15) is 0 Å². The molecule has 1 heterocycles. The number of rotatable bonds is 23. The van der Waals surface area contributed by atoms with Gasteiger partial charge in [0.2, 0.25) is 11.8 Å². The third-order valence-corrected chi connectivity index (χ3v) is 8.08. The number of nitrogens with one attached hydrogen (secondary N) is 1. The Balaban J connectivity index is 1.76. The van der Waals surface area contributed by atoms with Crippen LogP contribution in [-0.4, -0.2) is 53.6 Å². The van der Waals surface area contributed by atoms with Gasteiger partial charge in [0.1, 0.15) is 12.6 Å². The molecule has 0 saturated carbocycles. The molecule has 8 nitrogen and oxygen atoms in total. The van der Waals surface area contributed by atoms with Gasteiger partial charge in [0.25, 0.3) is 0 Å². The van der Waals surface area contributed by atoms with E-state index in [9.17, 15) is 19.2 Å². The molecule has 1 aromatic carbocycles. The number of nitrogens with zero attached hydrogens (tertiary/aromatic N) is 1. The summed E-state index contributed by atoms with van der Waals surface area (Å²) in [7, 11) is 0. The SMILES string of the molecule is CCCCCCCCCCCCCC(=O)N1CCCC1C(=O)NC(CCC(=O)OCc1ccccc1)C(=O)CCCN. The lowest BCUT2D eigenvalue weighted by molar-refractivity contribution is -0.145. The molecule has 1 fully saturated rings. The largest absolute Gasteiger partial charge is 0.461 e. The molecule has 1 aliphatic heterocycles. The van der Waals surface area contributed by atoms with E-state index in [2.05, 4.69) is 12.2 Å². The van der Waals surface area contributed by atoms with Gasteiger partial charge in [0, 0.05) is 25.8 Å². The number of hydrogen-bond acceptors (Lipinski definition) is 6. The van der Waals surface area contributed by atoms with Crippen molar-refractivity contribution in [3.63, 3.8) is 0 Å². The van der Waals surface area contributed by atoms with Crippen LogP contribution in [-0.2, 0) is 30.5 Å². The molecule has 1 aromatic rings. The zero-order valence-electron chi connectivity index (χ0n) is 26.0. The highest BCUT2D eigenvalue weighted by molar-refractivity contribution is 5.93. The first kappa shape index (κ1) is 35.5. The molecule has 8 heteroatoms. The number of carbonyl (C=O) groups excluding carboxylic acids is 4. The average Bonchev–Trinajstić information content (AvgIpc) is 3.50. The molecule has 236 valence electrons. The highest BCUT2D eigenvalue weighted by Gasteiger charge is 2.35. The van der Waals surface area contributed by atoms with Crippen molar-refractivity contribution in [3.05, 3.63) is 35.9 Å². The lowest BCUT2D eigenvalue weighted by Crippen LogP contribution is -2.51. The fraction of sp³-hybridized carbons (Fsp3) is 0.706. The topological polar surface area (TPSA) is 119 Å². The van der Waals surface area contributed by atoms with E-state index in [0.717, 1.165) is 31.2 Å². The molecular weight excluding hydrogens is 530 g/mol. The van der Waals surface area contributed by atoms with Crippen molar-refractivity contribution in [1.82, 2.24) is 10.2 Å². The summed E-state index contributed by atoms with van der Waals surface area (Å²) in [6.07, 6.45) is 16.2. The summed E-state index contributed by atoms with van der Waals surface area (Å²) in [5.74, 6) is -0.876. The zero-order chi connectivity index (χ0) is 30.4. The van der Waals surface area contributed by atoms with Gasteiger partial charge in [-0.25, -0.2) is 0 Å². The van der Waals surface area contributed by atoms with Crippen LogP contribution in [0.5, 0.6) is 0 Å². The number of amides is 2. The number of benzene rings is 1. The second kappa shape index (κ2) is 21.9. The predicted molar refractivity (Wildman–Crippen MR) is 167 cm³/mol. The lowest BCUT2D eigenvalue weighted by Gasteiger charge is -2.26. The Labute approximate surface area is 253 Å². The molecule has 0 aromatic heterocycles. The third-order valence-electron chi connectivity index (χ3n) is 8.08. The van der Waals surface area contributed by atoms with Crippen LogP contribution in [0.15, 0.2) is 30.3 Å². The van der Waals surface area contributed by atoms with Gasteiger partial charge in [-0.05, 0) is 44.2 Å². The van der Waals surface area contributed by atoms with Crippen LogP contribution < -0.4 is 11.1 Å². The minimum absolute atomic E-state index is 0.0122. The summed E-state index contributed by atoms with van der Waals surface area (Å²) in [5, 5.41) is 2.86. The Hall–Kier alpha value is -2.74. The summed E-state index contributed by atoms with van der Waals surface area (Å²) >= 11 is 0. The number of likely N-dealkylation sites (tertiary alicyclic amines) is 1. The Morgan fingerprint density at radius 1 is 0.881 bits per heavy atom. The standard InChI is InChI=1S/C34H55N3O5/c1-2-3-4-5-6-7-8-9-10-11-15-22-32(39)37-26-17-20-30(37)34(41)36-29(31(38)21-16-25-35)23-24-33(40)42-27-28-18-13-12-14-19-28/h12-14,18-19,29-30H,2-11,15-17,20-27,35H2,1H3,(H,36,41). The Morgan fingerprint density at radius 2 is 1.52 bits per heavy atom. The molecule has 2 rings (SSSR count). The van der Waals surface area contributed by atoms with Crippen LogP contribution >= 0.6 is 0 Å². The van der Waals surface area contributed by atoms with E-state index in [1.165, 1.54) is 51.4 Å². The second-order valence-electron chi connectivity index (χ2n) is 11.6. The molecule has 0 spiro atoms. The number of ether oxygens (including phenoxy) is 1. The number of nitrogens with two attached hydrogens (primary N) is 1. The lowest BCUT2D eigenvalue weighted by atomic mass is 10.0. The van der Waals surface area contributed by atoms with Crippen molar-refractivity contribution in [2.75, 3.05) is 13.1 Å². The second-order valence-corrected chi connectivity index (χ2v) is 11.6. The number of hydrogen-bond donors (Lipinski definition) is 2. The minimum atomic E-state index is -0.808. The van der Waals surface area contributed by atoms with Crippen molar-refractivity contribution in [3.8, 4) is 0 Å². The van der Waals surface area contributed by atoms with E-state index in [1.54, 1.807) is 4.90 Å². The van der Waals surface area contributed by atoms with Crippen LogP contribution in [0.4, 0.5) is 0 Å². The fourth-order valence-electron chi connectivity index (χ4n) is 5.53. The maximum Gasteiger partial charge on any atom is 0.306 e. The average molecular weight is 586 g/mol. The molecule has 2 amide bonds. The van der Waals surface area contributed by atoms with E-state index in [4.69, 9.17) is 10.5 Å². The highest BCUT2D eigenvalue weighted by atomic mass is 16.5. The first-order valence-electron chi connectivity index (χ1n) is 16.5. The summed E-state index contributed by atoms with van der Waals surface area (Å²) in [4.78, 5) is 53.2. The van der Waals surface area contributed by atoms with Gasteiger partial charge < -0.3 is 20.7 Å². The molecule has 0 bridgehead atoms. The van der Waals surface area contributed by atoms with Gasteiger partial charge in [-0.15, -0.1) is 0 Å². The molecule has 2 unspecified atom stereocenters. The first-order valence-corrected chi connectivity index (χ1v) is 16.5. The van der Waals surface area contributed by atoms with Gasteiger partial charge in [-0.3, -0.25) is 19.2 Å². The van der Waals surface area contributed by atoms with Crippen LogP contribution in [0.2, 0.25) is 0 Å². The Morgan fingerprint density at radius 3 is 2.17 bits per heavy atom. The van der Waals surface area contributed by atoms with E-state index < -0.39 is 18.1 Å². The van der Waals surface area contributed by atoms with Crippen molar-refractivity contribution < 1.29 is 23.9 Å². The van der Waals surface area contributed by atoms with Crippen LogP contribution in [0.3, 0.4) is 0 Å². The quantitative estimate of drug-likeness (QED) is 0.120. The Bertz CT molecular complexity index is 923. The monoisotopic (exact) mass is 585 g/mol. The zero-order valence-corrected chi connectivity index (χ0v) is 26.0. The number of Topliss-reactive ketones (excluding diaryl/α,β-unsaturated/α-hetero) is 1. The summed E-state index contributed by atoms with van der Waals surface area (Å²) in [6, 6.07) is 8.01. The highest BCUT2D eigenvalue weighted by Crippen LogP contribution is 2.21. The Kier molecular flexibility index (Phi) is 18.5. The molecule has 1 saturated heterocycles. The molecule has 3 N–H and O–H groups in total. The van der Waals surface area contributed by atoms with E-state index in [1.807, 2.05) is 30.3 Å². The van der Waals surface area contributed by atoms with Crippen molar-refractivity contribution in [1.29, 1.82) is 0 Å². The van der Waals surface area contributed by atoms with Gasteiger partial charge >= 0.3 is 5.97 Å². The molecule has 0 radical (unpaired) electrons. The van der Waals surface area contributed by atoms with Crippen LogP contribution in [0.1, 0.15) is 128 Å². The van der Waals surface area contributed by atoms with Crippen molar-refractivity contribution in [2.24, 2.45) is 5.73 Å². The summed E-state index contributed by atoms with van der Waals surface area (Å²) in [5.41, 5.74) is 6.47. The first-order chi connectivity index (χ1) is 20.5. The number of ketones is 1. The van der Waals surface area contributed by atoms with E-state index >= 15 is 0 Å². The van der Waals surface area contributed by atoms with Crippen molar-refractivity contribution >= 4 is 23.6 Å². The van der Waals surface area contributed by atoms with Crippen LogP contribution in [0, 0.1) is 0 Å². The maximum absolute atomic E-state index is 13.3. The third kappa shape index (κ3) is 14.4.